The molecule has 2 spiro atoms. The van der Waals surface area contributed by atoms with Crippen LogP contribution < -0.4 is 15.4 Å². The van der Waals surface area contributed by atoms with Crippen LogP contribution in [0.5, 0.6) is 5.75 Å². The normalized spacial score (nSPS) is 28.8. The number of nitrogens with zero attached hydrogens (tertiary/aromatic N) is 1. The summed E-state index contributed by atoms with van der Waals surface area (Å²) in [5.74, 6) is -0.863. The zero-order valence-corrected chi connectivity index (χ0v) is 21.6. The van der Waals surface area contributed by atoms with Gasteiger partial charge >= 0.3 is 0 Å². The van der Waals surface area contributed by atoms with E-state index in [0.29, 0.717) is 29.1 Å². The van der Waals surface area contributed by atoms with Crippen molar-refractivity contribution in [2.24, 2.45) is 5.92 Å². The van der Waals surface area contributed by atoms with E-state index in [1.54, 1.807) is 31.4 Å². The number of anilines is 2. The number of aryl methyl sites for hydroxylation is 2. The van der Waals surface area contributed by atoms with Gasteiger partial charge in [0, 0.05) is 28.5 Å². The number of nitrogens with one attached hydrogen (secondary N) is 2. The lowest BCUT2D eigenvalue weighted by Gasteiger charge is -2.43. The zero-order valence-electron chi connectivity index (χ0n) is 21.6. The molecule has 2 amide bonds. The first kappa shape index (κ1) is 23.2. The summed E-state index contributed by atoms with van der Waals surface area (Å²) < 4.78 is 5.43. The molecule has 0 bridgehead atoms. The van der Waals surface area contributed by atoms with Gasteiger partial charge in [-0.2, -0.15) is 0 Å². The highest BCUT2D eigenvalue weighted by Crippen LogP contribution is 2.68. The summed E-state index contributed by atoms with van der Waals surface area (Å²) in [6.07, 6.45) is 1.58. The van der Waals surface area contributed by atoms with Crippen molar-refractivity contribution in [1.29, 1.82) is 0 Å². The first-order valence-electron chi connectivity index (χ1n) is 13.1. The minimum Gasteiger partial charge on any atom is -0.497 e. The van der Waals surface area contributed by atoms with Crippen LogP contribution in [0.15, 0.2) is 60.7 Å². The summed E-state index contributed by atoms with van der Waals surface area (Å²) in [7, 11) is 1.57. The number of Topliss-reactive ketones (excluding diaryl/α,β-unsaturated/α-hetero) is 1. The molecule has 0 radical (unpaired) electrons. The van der Waals surface area contributed by atoms with Gasteiger partial charge in [0.15, 0.2) is 5.78 Å². The molecule has 0 saturated carbocycles. The van der Waals surface area contributed by atoms with Crippen molar-refractivity contribution in [1.82, 2.24) is 4.90 Å². The van der Waals surface area contributed by atoms with Gasteiger partial charge < -0.3 is 15.4 Å². The van der Waals surface area contributed by atoms with Gasteiger partial charge in [0.2, 0.25) is 5.91 Å². The van der Waals surface area contributed by atoms with E-state index in [-0.39, 0.29) is 23.6 Å². The average Bonchev–Trinajstić information content (AvgIpc) is 3.63. The Morgan fingerprint density at radius 2 is 1.79 bits per heavy atom. The molecular weight excluding hydrogens is 478 g/mol. The van der Waals surface area contributed by atoms with Gasteiger partial charge in [0.1, 0.15) is 16.7 Å². The first-order valence-corrected chi connectivity index (χ1v) is 13.1. The van der Waals surface area contributed by atoms with E-state index < -0.39 is 16.9 Å². The highest BCUT2D eigenvalue weighted by molar-refractivity contribution is 6.21. The number of ketones is 1. The molecule has 4 aliphatic heterocycles. The third-order valence-electron chi connectivity index (χ3n) is 9.18. The number of amides is 2. The number of methoxy groups -OCH3 is 1. The molecule has 0 aliphatic carbocycles. The molecule has 192 valence electrons. The number of hydrogen-bond donors (Lipinski definition) is 2. The van der Waals surface area contributed by atoms with Crippen LogP contribution in [0.4, 0.5) is 11.4 Å². The number of para-hydroxylation sites is 1. The molecular formula is C31H29N3O4. The van der Waals surface area contributed by atoms with Gasteiger partial charge in [-0.1, -0.05) is 48.0 Å². The van der Waals surface area contributed by atoms with E-state index in [1.807, 2.05) is 50.2 Å². The number of fused-ring (bicyclic) bond motifs is 7. The fourth-order valence-electron chi connectivity index (χ4n) is 7.99. The van der Waals surface area contributed by atoms with Gasteiger partial charge in [0.05, 0.1) is 13.0 Å². The molecule has 4 atom stereocenters. The Morgan fingerprint density at radius 3 is 2.61 bits per heavy atom. The van der Waals surface area contributed by atoms with Crippen LogP contribution in [-0.2, 0) is 20.5 Å². The Labute approximate surface area is 221 Å². The molecule has 38 heavy (non-hydrogen) atoms. The number of carbonyl (C=O) groups is 3. The Balaban J connectivity index is 1.59. The van der Waals surface area contributed by atoms with Crippen molar-refractivity contribution in [3.8, 4) is 5.75 Å². The first-order chi connectivity index (χ1) is 18.3. The summed E-state index contributed by atoms with van der Waals surface area (Å²) in [5, 5.41) is 6.25. The lowest BCUT2D eigenvalue weighted by Crippen LogP contribution is -2.62. The van der Waals surface area contributed by atoms with Crippen molar-refractivity contribution in [2.45, 2.75) is 43.7 Å². The molecule has 3 aromatic rings. The topological polar surface area (TPSA) is 87.7 Å². The maximum atomic E-state index is 14.7. The van der Waals surface area contributed by atoms with Gasteiger partial charge in [0.25, 0.3) is 5.91 Å². The fourth-order valence-corrected chi connectivity index (χ4v) is 7.99. The lowest BCUT2D eigenvalue weighted by atomic mass is 9.57. The number of carbonyl (C=O) groups excluding carboxylic acids is 3. The SMILES string of the molecule is COc1cccc(C(=O)[C@@H]2[C@H]3CCCN3[C@]3(C(=O)Nc4c(C)cc(C)cc43)[C@]23C(=O)Nc2ccccc23)c1. The summed E-state index contributed by atoms with van der Waals surface area (Å²) in [6, 6.07) is 18.4. The summed E-state index contributed by atoms with van der Waals surface area (Å²) in [6.45, 7) is 4.62. The fraction of sp³-hybridized carbons (Fsp3) is 0.323. The molecule has 2 N–H and O–H groups in total. The van der Waals surface area contributed by atoms with E-state index in [9.17, 15) is 14.4 Å². The van der Waals surface area contributed by atoms with Gasteiger partial charge in [-0.15, -0.1) is 0 Å². The standard InChI is InChI=1S/C31H29N3O4/c1-17-14-18(2)26-22(15-17)31(29(37)33-26)30(21-10-4-5-11-23(21)32-28(30)36)25(24-12-7-13-34(24)31)27(35)19-8-6-9-20(16-19)38-3/h4-6,8-11,14-16,24-25H,7,12-13H2,1-3H3,(H,32,36)(H,33,37)/t24-,25+,30+,31-/m1/s1. The van der Waals surface area contributed by atoms with Crippen LogP contribution in [0.3, 0.4) is 0 Å². The highest BCUT2D eigenvalue weighted by atomic mass is 16.5. The minimum absolute atomic E-state index is 0.143. The third-order valence-corrected chi connectivity index (χ3v) is 9.18. The van der Waals surface area contributed by atoms with Crippen LogP contribution in [0.1, 0.15) is 45.5 Å². The summed E-state index contributed by atoms with van der Waals surface area (Å²) in [5.41, 5.74) is 2.56. The maximum absolute atomic E-state index is 14.7. The largest absolute Gasteiger partial charge is 0.497 e. The molecule has 0 unspecified atom stereocenters. The number of ether oxygens (including phenoxy) is 1. The van der Waals surface area contributed by atoms with E-state index in [1.165, 1.54) is 0 Å². The summed E-state index contributed by atoms with van der Waals surface area (Å²) >= 11 is 0. The quantitative estimate of drug-likeness (QED) is 0.516. The van der Waals surface area contributed by atoms with E-state index in [2.05, 4.69) is 15.5 Å². The number of rotatable bonds is 3. The second kappa shape index (κ2) is 7.77. The Hall–Kier alpha value is -3.97. The second-order valence-corrected chi connectivity index (χ2v) is 11.0. The van der Waals surface area contributed by atoms with Crippen molar-refractivity contribution in [3.05, 3.63) is 88.5 Å². The predicted octanol–water partition coefficient (Wildman–Crippen LogP) is 4.33. The van der Waals surface area contributed by atoms with Crippen LogP contribution in [-0.4, -0.2) is 42.2 Å². The second-order valence-electron chi connectivity index (χ2n) is 11.0. The molecule has 7 nitrogen and oxygen atoms in total. The Kier molecular flexibility index (Phi) is 4.74. The van der Waals surface area contributed by atoms with Crippen LogP contribution in [0.25, 0.3) is 0 Å². The third kappa shape index (κ3) is 2.55. The molecule has 7 heteroatoms. The molecule has 3 aromatic carbocycles. The van der Waals surface area contributed by atoms with Gasteiger partial charge in [-0.25, -0.2) is 0 Å². The van der Waals surface area contributed by atoms with Crippen molar-refractivity contribution >= 4 is 29.0 Å². The molecule has 0 aromatic heterocycles. The van der Waals surface area contributed by atoms with E-state index >= 15 is 0 Å². The van der Waals surface area contributed by atoms with E-state index in [4.69, 9.17) is 4.74 Å². The molecule has 2 saturated heterocycles. The van der Waals surface area contributed by atoms with Crippen molar-refractivity contribution in [3.63, 3.8) is 0 Å². The maximum Gasteiger partial charge on any atom is 0.251 e. The van der Waals surface area contributed by atoms with Crippen LogP contribution >= 0.6 is 0 Å². The summed E-state index contributed by atoms with van der Waals surface area (Å²) in [4.78, 5) is 45.9. The van der Waals surface area contributed by atoms with Crippen molar-refractivity contribution in [2.75, 3.05) is 24.3 Å². The van der Waals surface area contributed by atoms with Gasteiger partial charge in [-0.3, -0.25) is 19.3 Å². The highest BCUT2D eigenvalue weighted by Gasteiger charge is 2.81. The van der Waals surface area contributed by atoms with Crippen LogP contribution in [0, 0.1) is 19.8 Å². The molecule has 2 fully saturated rings. The smallest absolute Gasteiger partial charge is 0.251 e. The monoisotopic (exact) mass is 507 g/mol. The van der Waals surface area contributed by atoms with Crippen LogP contribution in [0.2, 0.25) is 0 Å². The van der Waals surface area contributed by atoms with E-state index in [0.717, 1.165) is 35.2 Å². The molecule has 4 aliphatic rings. The molecule has 7 rings (SSSR count). The number of hydrogen-bond acceptors (Lipinski definition) is 5. The zero-order chi connectivity index (χ0) is 26.4. The average molecular weight is 508 g/mol. The van der Waals surface area contributed by atoms with Gasteiger partial charge in [-0.05, 0) is 62.6 Å². The predicted molar refractivity (Wildman–Crippen MR) is 144 cm³/mol. The minimum atomic E-state index is -1.44. The Morgan fingerprint density at radius 1 is 0.974 bits per heavy atom. The number of benzene rings is 3. The molecule has 4 heterocycles. The Bertz CT molecular complexity index is 1560. The van der Waals surface area contributed by atoms with Crippen molar-refractivity contribution < 1.29 is 19.1 Å². The lowest BCUT2D eigenvalue weighted by molar-refractivity contribution is -0.137.